The molecule has 1 spiro atoms. The number of benzene rings is 1. The third-order valence-electron chi connectivity index (χ3n) is 5.61. The van der Waals surface area contributed by atoms with Crippen LogP contribution in [-0.4, -0.2) is 41.4 Å². The maximum atomic E-state index is 12.8. The number of ketones is 1. The monoisotopic (exact) mass is 336 g/mol. The summed E-state index contributed by atoms with van der Waals surface area (Å²) in [6.45, 7) is 6.01. The molecule has 3 heterocycles. The van der Waals surface area contributed by atoms with E-state index in [1.165, 1.54) is 0 Å². The summed E-state index contributed by atoms with van der Waals surface area (Å²) < 4.78 is 6.54. The maximum Gasteiger partial charge on any atom is 0.170 e. The van der Waals surface area contributed by atoms with Crippen LogP contribution in [-0.2, 0) is 0 Å². The number of aromatic nitrogens is 1. The Kier molecular flexibility index (Phi) is 3.88. The maximum absolute atomic E-state index is 12.8. The summed E-state index contributed by atoms with van der Waals surface area (Å²) in [5.41, 5.74) is 4.67. The standard InChI is InChI=1S/C21H24N2O2/c1-14-12-16(6-9-22-14)17-4-5-18-19(24)13-21(25-20(18)15(17)2)7-10-23(3)11-8-21/h4-6,9,12H,7-8,10-11,13H2,1-3H3. The second-order valence-corrected chi connectivity index (χ2v) is 7.49. The Morgan fingerprint density at radius 3 is 2.56 bits per heavy atom. The van der Waals surface area contributed by atoms with Gasteiger partial charge >= 0.3 is 0 Å². The van der Waals surface area contributed by atoms with E-state index >= 15 is 0 Å². The van der Waals surface area contributed by atoms with E-state index in [2.05, 4.69) is 29.9 Å². The first-order chi connectivity index (χ1) is 12.0. The Hall–Kier alpha value is -2.20. The lowest BCUT2D eigenvalue weighted by Crippen LogP contribution is -2.50. The number of ether oxygens (including phenoxy) is 1. The molecule has 1 aromatic heterocycles. The molecule has 1 aromatic carbocycles. The van der Waals surface area contributed by atoms with Crippen molar-refractivity contribution >= 4 is 5.78 Å². The second-order valence-electron chi connectivity index (χ2n) is 7.49. The topological polar surface area (TPSA) is 42.4 Å². The quantitative estimate of drug-likeness (QED) is 0.794. The number of carbonyl (C=O) groups is 1. The van der Waals surface area contributed by atoms with Crippen molar-refractivity contribution in [2.24, 2.45) is 0 Å². The number of hydrogen-bond acceptors (Lipinski definition) is 4. The third-order valence-corrected chi connectivity index (χ3v) is 5.61. The smallest absolute Gasteiger partial charge is 0.170 e. The molecule has 0 radical (unpaired) electrons. The Morgan fingerprint density at radius 2 is 1.84 bits per heavy atom. The molecule has 4 heteroatoms. The van der Waals surface area contributed by atoms with Gasteiger partial charge in [-0.05, 0) is 55.8 Å². The van der Waals surface area contributed by atoms with Crippen LogP contribution in [0.5, 0.6) is 5.75 Å². The second kappa shape index (κ2) is 5.95. The van der Waals surface area contributed by atoms with E-state index in [4.69, 9.17) is 4.74 Å². The number of fused-ring (bicyclic) bond motifs is 1. The van der Waals surface area contributed by atoms with Crippen LogP contribution < -0.4 is 4.74 Å². The van der Waals surface area contributed by atoms with Gasteiger partial charge in [0.2, 0.25) is 0 Å². The van der Waals surface area contributed by atoms with Crippen molar-refractivity contribution < 1.29 is 9.53 Å². The van der Waals surface area contributed by atoms with Crippen LogP contribution in [0, 0.1) is 13.8 Å². The zero-order valence-electron chi connectivity index (χ0n) is 15.1. The fourth-order valence-corrected chi connectivity index (χ4v) is 4.01. The average molecular weight is 336 g/mol. The zero-order valence-corrected chi connectivity index (χ0v) is 15.1. The normalized spacial score (nSPS) is 19.6. The van der Waals surface area contributed by atoms with E-state index in [9.17, 15) is 4.79 Å². The first kappa shape index (κ1) is 16.3. The van der Waals surface area contributed by atoms with Gasteiger partial charge in [-0.25, -0.2) is 0 Å². The van der Waals surface area contributed by atoms with E-state index in [1.54, 1.807) is 0 Å². The minimum atomic E-state index is -0.325. The van der Waals surface area contributed by atoms with E-state index in [0.717, 1.165) is 59.6 Å². The van der Waals surface area contributed by atoms with Crippen LogP contribution in [0.4, 0.5) is 0 Å². The highest BCUT2D eigenvalue weighted by atomic mass is 16.5. The highest BCUT2D eigenvalue weighted by Crippen LogP contribution is 2.43. The molecular formula is C21H24N2O2. The molecule has 1 fully saturated rings. The number of pyridine rings is 1. The molecule has 0 N–H and O–H groups in total. The van der Waals surface area contributed by atoms with Crippen LogP contribution in [0.15, 0.2) is 30.5 Å². The largest absolute Gasteiger partial charge is 0.486 e. The van der Waals surface area contributed by atoms with Crippen molar-refractivity contribution in [2.75, 3.05) is 20.1 Å². The highest BCUT2D eigenvalue weighted by molar-refractivity contribution is 6.01. The molecule has 2 aliphatic rings. The van der Waals surface area contributed by atoms with Crippen molar-refractivity contribution in [3.8, 4) is 16.9 Å². The first-order valence-corrected chi connectivity index (χ1v) is 8.95. The van der Waals surface area contributed by atoms with Crippen LogP contribution in [0.1, 0.15) is 40.9 Å². The van der Waals surface area contributed by atoms with Crippen molar-refractivity contribution in [3.63, 3.8) is 0 Å². The summed E-state index contributed by atoms with van der Waals surface area (Å²) in [6, 6.07) is 8.05. The molecule has 0 saturated carbocycles. The first-order valence-electron chi connectivity index (χ1n) is 8.95. The van der Waals surface area contributed by atoms with E-state index in [0.29, 0.717) is 6.42 Å². The number of piperidine rings is 1. The Morgan fingerprint density at radius 1 is 1.12 bits per heavy atom. The predicted molar refractivity (Wildman–Crippen MR) is 98.2 cm³/mol. The molecule has 1 saturated heterocycles. The van der Waals surface area contributed by atoms with Gasteiger partial charge in [0.15, 0.2) is 5.78 Å². The lowest BCUT2D eigenvalue weighted by atomic mass is 9.81. The molecule has 0 aliphatic carbocycles. The Bertz CT molecular complexity index is 836. The summed E-state index contributed by atoms with van der Waals surface area (Å²) in [4.78, 5) is 19.4. The number of nitrogens with zero attached hydrogens (tertiary/aromatic N) is 2. The van der Waals surface area contributed by atoms with Gasteiger partial charge < -0.3 is 9.64 Å². The Labute approximate surface area is 148 Å². The number of hydrogen-bond donors (Lipinski definition) is 0. The predicted octanol–water partition coefficient (Wildman–Crippen LogP) is 3.80. The third kappa shape index (κ3) is 2.85. The SMILES string of the molecule is Cc1cc(-c2ccc3c(c2C)OC2(CCN(C)CC2)CC3=O)ccn1. The minimum Gasteiger partial charge on any atom is -0.486 e. The van der Waals surface area contributed by atoms with Crippen LogP contribution in [0.3, 0.4) is 0 Å². The van der Waals surface area contributed by atoms with Gasteiger partial charge in [0.25, 0.3) is 0 Å². The zero-order chi connectivity index (χ0) is 17.6. The number of likely N-dealkylation sites (tertiary alicyclic amines) is 1. The van der Waals surface area contributed by atoms with E-state index < -0.39 is 0 Å². The summed E-state index contributed by atoms with van der Waals surface area (Å²) in [5, 5.41) is 0. The molecule has 0 atom stereocenters. The van der Waals surface area contributed by atoms with Crippen molar-refractivity contribution in [2.45, 2.75) is 38.7 Å². The van der Waals surface area contributed by atoms with Crippen molar-refractivity contribution in [3.05, 3.63) is 47.3 Å². The minimum absolute atomic E-state index is 0.214. The van der Waals surface area contributed by atoms with Gasteiger partial charge in [0.05, 0.1) is 12.0 Å². The summed E-state index contributed by atoms with van der Waals surface area (Å²) in [7, 11) is 2.13. The molecule has 0 bridgehead atoms. The van der Waals surface area contributed by atoms with Gasteiger partial charge in [-0.2, -0.15) is 0 Å². The summed E-state index contributed by atoms with van der Waals surface area (Å²) in [6.07, 6.45) is 4.15. The van der Waals surface area contributed by atoms with E-state index in [-0.39, 0.29) is 11.4 Å². The van der Waals surface area contributed by atoms with Gasteiger partial charge in [0, 0.05) is 37.8 Å². The number of carbonyl (C=O) groups excluding carboxylic acids is 1. The Balaban J connectivity index is 1.77. The molecule has 0 unspecified atom stereocenters. The fourth-order valence-electron chi connectivity index (χ4n) is 4.01. The molecule has 2 aromatic rings. The number of rotatable bonds is 1. The molecule has 25 heavy (non-hydrogen) atoms. The molecule has 4 nitrogen and oxygen atoms in total. The van der Waals surface area contributed by atoms with Gasteiger partial charge in [-0.1, -0.05) is 6.07 Å². The van der Waals surface area contributed by atoms with Gasteiger partial charge in [0.1, 0.15) is 11.4 Å². The summed E-state index contributed by atoms with van der Waals surface area (Å²) >= 11 is 0. The van der Waals surface area contributed by atoms with Crippen LogP contribution >= 0.6 is 0 Å². The van der Waals surface area contributed by atoms with Gasteiger partial charge in [-0.3, -0.25) is 9.78 Å². The molecule has 4 rings (SSSR count). The van der Waals surface area contributed by atoms with Crippen LogP contribution in [0.25, 0.3) is 11.1 Å². The van der Waals surface area contributed by atoms with Gasteiger partial charge in [-0.15, -0.1) is 0 Å². The fraction of sp³-hybridized carbons (Fsp3) is 0.429. The lowest BCUT2D eigenvalue weighted by Gasteiger charge is -2.43. The molecule has 130 valence electrons. The van der Waals surface area contributed by atoms with Crippen molar-refractivity contribution in [1.82, 2.24) is 9.88 Å². The molecule has 2 aliphatic heterocycles. The molecule has 0 amide bonds. The van der Waals surface area contributed by atoms with Crippen molar-refractivity contribution in [1.29, 1.82) is 0 Å². The average Bonchev–Trinajstić information content (AvgIpc) is 2.59. The summed E-state index contributed by atoms with van der Waals surface area (Å²) in [5.74, 6) is 0.999. The number of aryl methyl sites for hydroxylation is 1. The van der Waals surface area contributed by atoms with Crippen LogP contribution in [0.2, 0.25) is 0 Å². The molecular weight excluding hydrogens is 312 g/mol. The highest BCUT2D eigenvalue weighted by Gasteiger charge is 2.43. The van der Waals surface area contributed by atoms with E-state index in [1.807, 2.05) is 31.3 Å². The lowest BCUT2D eigenvalue weighted by molar-refractivity contribution is -0.00413. The number of Topliss-reactive ketones (excluding diaryl/α,β-unsaturated/α-hetero) is 1.